The summed E-state index contributed by atoms with van der Waals surface area (Å²) >= 11 is 1.64. The van der Waals surface area contributed by atoms with E-state index in [-0.39, 0.29) is 6.04 Å². The van der Waals surface area contributed by atoms with Crippen LogP contribution in [0.2, 0.25) is 0 Å². The van der Waals surface area contributed by atoms with Gasteiger partial charge in [0.2, 0.25) is 0 Å². The van der Waals surface area contributed by atoms with Crippen LogP contribution >= 0.6 is 11.3 Å². The van der Waals surface area contributed by atoms with E-state index in [9.17, 15) is 4.79 Å². The summed E-state index contributed by atoms with van der Waals surface area (Å²) in [6.45, 7) is 5.97. The van der Waals surface area contributed by atoms with Gasteiger partial charge in [0.25, 0.3) is 5.91 Å². The molecule has 2 aromatic rings. The average molecular weight is 276 g/mol. The monoisotopic (exact) mass is 276 g/mol. The zero-order valence-corrected chi connectivity index (χ0v) is 11.9. The van der Waals surface area contributed by atoms with Crippen molar-refractivity contribution in [3.8, 4) is 0 Å². The maximum absolute atomic E-state index is 11.3. The predicted molar refractivity (Wildman–Crippen MR) is 76.4 cm³/mol. The van der Waals surface area contributed by atoms with E-state index in [1.807, 2.05) is 20.8 Å². The third kappa shape index (κ3) is 2.90. The number of carbonyl (C=O) groups is 1. The molecular weight excluding hydrogens is 260 g/mol. The Balaban J connectivity index is 2.26. The molecule has 100 valence electrons. The molecule has 1 amide bonds. The van der Waals surface area contributed by atoms with Gasteiger partial charge in [0, 0.05) is 11.1 Å². The highest BCUT2D eigenvalue weighted by Gasteiger charge is 2.16. The highest BCUT2D eigenvalue weighted by atomic mass is 32.1. The molecule has 0 saturated carbocycles. The SMILES string of the molecule is Cc1nc(C)c(C(C)Nc2ncccc2C(N)=O)s1. The Morgan fingerprint density at radius 3 is 2.79 bits per heavy atom. The number of nitrogens with zero attached hydrogens (tertiary/aromatic N) is 2. The van der Waals surface area contributed by atoms with E-state index in [4.69, 9.17) is 5.73 Å². The molecule has 6 heteroatoms. The number of hydrogen-bond donors (Lipinski definition) is 2. The van der Waals surface area contributed by atoms with Crippen molar-refractivity contribution in [3.63, 3.8) is 0 Å². The Hall–Kier alpha value is -1.95. The normalized spacial score (nSPS) is 12.2. The van der Waals surface area contributed by atoms with E-state index in [0.717, 1.165) is 15.6 Å². The van der Waals surface area contributed by atoms with E-state index in [1.54, 1.807) is 29.7 Å². The summed E-state index contributed by atoms with van der Waals surface area (Å²) in [5, 5.41) is 4.25. The second kappa shape index (κ2) is 5.36. The largest absolute Gasteiger partial charge is 0.365 e. The molecule has 5 nitrogen and oxygen atoms in total. The molecular formula is C13H16N4OS. The molecule has 0 aliphatic heterocycles. The molecule has 1 atom stereocenters. The second-order valence-corrected chi connectivity index (χ2v) is 5.55. The van der Waals surface area contributed by atoms with Gasteiger partial charge < -0.3 is 11.1 Å². The summed E-state index contributed by atoms with van der Waals surface area (Å²) in [4.78, 5) is 21.1. The summed E-state index contributed by atoms with van der Waals surface area (Å²) < 4.78 is 0. The number of primary amides is 1. The maximum Gasteiger partial charge on any atom is 0.252 e. The maximum atomic E-state index is 11.3. The lowest BCUT2D eigenvalue weighted by Gasteiger charge is -2.15. The van der Waals surface area contributed by atoms with Crippen LogP contribution in [0.25, 0.3) is 0 Å². The van der Waals surface area contributed by atoms with Crippen LogP contribution < -0.4 is 11.1 Å². The average Bonchev–Trinajstić information content (AvgIpc) is 2.69. The van der Waals surface area contributed by atoms with Gasteiger partial charge >= 0.3 is 0 Å². The summed E-state index contributed by atoms with van der Waals surface area (Å²) in [6.07, 6.45) is 1.63. The number of aromatic nitrogens is 2. The van der Waals surface area contributed by atoms with Crippen LogP contribution in [0.15, 0.2) is 18.3 Å². The molecule has 1 unspecified atom stereocenters. The second-order valence-electron chi connectivity index (χ2n) is 4.31. The fourth-order valence-electron chi connectivity index (χ4n) is 1.94. The van der Waals surface area contributed by atoms with E-state index in [2.05, 4.69) is 15.3 Å². The van der Waals surface area contributed by atoms with Gasteiger partial charge in [0.1, 0.15) is 5.82 Å². The van der Waals surface area contributed by atoms with Gasteiger partial charge in [-0.25, -0.2) is 9.97 Å². The van der Waals surface area contributed by atoms with Crippen LogP contribution in [0.4, 0.5) is 5.82 Å². The molecule has 0 bridgehead atoms. The number of rotatable bonds is 4. The molecule has 0 spiro atoms. The quantitative estimate of drug-likeness (QED) is 0.898. The first-order chi connectivity index (χ1) is 8.99. The first kappa shape index (κ1) is 13.5. The number of nitrogens with two attached hydrogens (primary N) is 1. The lowest BCUT2D eigenvalue weighted by molar-refractivity contribution is 0.100. The zero-order valence-electron chi connectivity index (χ0n) is 11.1. The summed E-state index contributed by atoms with van der Waals surface area (Å²) in [7, 11) is 0. The van der Waals surface area contributed by atoms with Crippen molar-refractivity contribution in [2.75, 3.05) is 5.32 Å². The number of thiazole rings is 1. The summed E-state index contributed by atoms with van der Waals surface area (Å²) in [6, 6.07) is 3.38. The van der Waals surface area contributed by atoms with Gasteiger partial charge in [-0.1, -0.05) is 0 Å². The Bertz CT molecular complexity index is 608. The van der Waals surface area contributed by atoms with Gasteiger partial charge in [-0.15, -0.1) is 11.3 Å². The fourth-order valence-corrected chi connectivity index (χ4v) is 2.87. The number of hydrogen-bond acceptors (Lipinski definition) is 5. The van der Waals surface area contributed by atoms with Crippen molar-refractivity contribution in [3.05, 3.63) is 39.5 Å². The Morgan fingerprint density at radius 2 is 2.21 bits per heavy atom. The lowest BCUT2D eigenvalue weighted by atomic mass is 10.2. The molecule has 2 aromatic heterocycles. The number of amides is 1. The highest BCUT2D eigenvalue weighted by Crippen LogP contribution is 2.27. The van der Waals surface area contributed by atoms with Gasteiger partial charge in [-0.05, 0) is 32.9 Å². The third-order valence-electron chi connectivity index (χ3n) is 2.76. The van der Waals surface area contributed by atoms with Crippen LogP contribution in [0.5, 0.6) is 0 Å². The van der Waals surface area contributed by atoms with Crippen molar-refractivity contribution < 1.29 is 4.79 Å². The lowest BCUT2D eigenvalue weighted by Crippen LogP contribution is -2.17. The first-order valence-corrected chi connectivity index (χ1v) is 6.76. The van der Waals surface area contributed by atoms with E-state index in [0.29, 0.717) is 11.4 Å². The predicted octanol–water partition coefficient (Wildman–Crippen LogP) is 2.43. The zero-order chi connectivity index (χ0) is 14.0. The number of nitrogens with one attached hydrogen (secondary N) is 1. The van der Waals surface area contributed by atoms with Crippen LogP contribution in [-0.2, 0) is 0 Å². The minimum atomic E-state index is -0.486. The minimum absolute atomic E-state index is 0.0270. The topological polar surface area (TPSA) is 80.9 Å². The van der Waals surface area contributed by atoms with Crippen molar-refractivity contribution in [1.29, 1.82) is 0 Å². The smallest absolute Gasteiger partial charge is 0.252 e. The molecule has 19 heavy (non-hydrogen) atoms. The summed E-state index contributed by atoms with van der Waals surface area (Å²) in [5.41, 5.74) is 6.73. The van der Waals surface area contributed by atoms with Crippen molar-refractivity contribution in [2.24, 2.45) is 5.73 Å². The minimum Gasteiger partial charge on any atom is -0.365 e. The standard InChI is InChI=1S/C13H16N4OS/c1-7-11(19-9(3)16-7)8(2)17-13-10(12(14)18)5-4-6-15-13/h4-6,8H,1-3H3,(H2,14,18)(H,15,17). The van der Waals surface area contributed by atoms with E-state index >= 15 is 0 Å². The molecule has 0 aliphatic carbocycles. The first-order valence-electron chi connectivity index (χ1n) is 5.94. The molecule has 0 fully saturated rings. The van der Waals surface area contributed by atoms with Gasteiger partial charge in [-0.2, -0.15) is 0 Å². The molecule has 0 saturated heterocycles. The number of anilines is 1. The Labute approximate surface area is 115 Å². The highest BCUT2D eigenvalue weighted by molar-refractivity contribution is 7.11. The van der Waals surface area contributed by atoms with Crippen molar-refractivity contribution in [1.82, 2.24) is 9.97 Å². The van der Waals surface area contributed by atoms with Crippen LogP contribution in [0.3, 0.4) is 0 Å². The Kier molecular flexibility index (Phi) is 3.80. The summed E-state index contributed by atoms with van der Waals surface area (Å²) in [5.74, 6) is 0.0213. The van der Waals surface area contributed by atoms with Gasteiger partial charge in [0.15, 0.2) is 0 Å². The van der Waals surface area contributed by atoms with Crippen molar-refractivity contribution >= 4 is 23.1 Å². The fraction of sp³-hybridized carbons (Fsp3) is 0.308. The molecule has 3 N–H and O–H groups in total. The third-order valence-corrected chi connectivity index (χ3v) is 4.01. The molecule has 0 radical (unpaired) electrons. The molecule has 2 rings (SSSR count). The number of aryl methyl sites for hydroxylation is 2. The number of carbonyl (C=O) groups excluding carboxylic acids is 1. The van der Waals surface area contributed by atoms with E-state index < -0.39 is 5.91 Å². The van der Waals surface area contributed by atoms with Gasteiger partial charge in [-0.3, -0.25) is 4.79 Å². The molecule has 2 heterocycles. The van der Waals surface area contributed by atoms with Crippen LogP contribution in [-0.4, -0.2) is 15.9 Å². The number of pyridine rings is 1. The molecule has 0 aliphatic rings. The van der Waals surface area contributed by atoms with Gasteiger partial charge in [0.05, 0.1) is 22.3 Å². The molecule has 0 aromatic carbocycles. The Morgan fingerprint density at radius 1 is 1.47 bits per heavy atom. The van der Waals surface area contributed by atoms with Crippen LogP contribution in [0.1, 0.15) is 38.9 Å². The van der Waals surface area contributed by atoms with Crippen molar-refractivity contribution in [2.45, 2.75) is 26.8 Å². The van der Waals surface area contributed by atoms with Crippen LogP contribution in [0, 0.1) is 13.8 Å². The van der Waals surface area contributed by atoms with E-state index in [1.165, 1.54) is 0 Å².